The van der Waals surface area contributed by atoms with Gasteiger partial charge in [-0.1, -0.05) is 47.7 Å². The van der Waals surface area contributed by atoms with Crippen LogP contribution in [0.1, 0.15) is 11.1 Å². The molecular formula is C28H21FN4O5S. The lowest BCUT2D eigenvalue weighted by Gasteiger charge is -2.17. The summed E-state index contributed by atoms with van der Waals surface area (Å²) in [5.74, 6) is 0.767. The third-order valence-corrected chi connectivity index (χ3v) is 7.55. The average Bonchev–Trinajstić information content (AvgIpc) is 3.59. The van der Waals surface area contributed by atoms with Crippen molar-refractivity contribution in [3.63, 3.8) is 0 Å². The number of carbonyl (C=O) groups excluding carboxylic acids is 1. The van der Waals surface area contributed by atoms with Gasteiger partial charge in [0.2, 0.25) is 10.7 Å². The number of para-hydroxylation sites is 1. The van der Waals surface area contributed by atoms with E-state index in [1.165, 1.54) is 36.8 Å². The Labute approximate surface area is 225 Å². The molecule has 9 nitrogen and oxygen atoms in total. The summed E-state index contributed by atoms with van der Waals surface area (Å²) in [6.07, 6.45) is 0. The van der Waals surface area contributed by atoms with E-state index in [1.807, 2.05) is 0 Å². The number of fused-ring (bicyclic) bond motifs is 2. The molecule has 0 N–H and O–H groups in total. The second-order valence-electron chi connectivity index (χ2n) is 8.65. The van der Waals surface area contributed by atoms with Crippen molar-refractivity contribution in [2.45, 2.75) is 6.54 Å². The highest BCUT2D eigenvalue weighted by molar-refractivity contribution is 7.15. The smallest absolute Gasteiger partial charge is 0.291 e. The Bertz CT molecular complexity index is 1860. The lowest BCUT2D eigenvalue weighted by Crippen LogP contribution is -2.32. The Morgan fingerprint density at radius 2 is 1.62 bits per heavy atom. The van der Waals surface area contributed by atoms with E-state index < -0.39 is 11.4 Å². The monoisotopic (exact) mass is 544 g/mol. The molecule has 6 rings (SSSR count). The number of methoxy groups -OCH3 is 3. The van der Waals surface area contributed by atoms with E-state index in [0.29, 0.717) is 44.6 Å². The van der Waals surface area contributed by atoms with Gasteiger partial charge in [0.1, 0.15) is 10.3 Å². The van der Waals surface area contributed by atoms with Crippen LogP contribution in [0, 0.1) is 5.82 Å². The number of anilines is 1. The van der Waals surface area contributed by atoms with Crippen LogP contribution in [0.15, 0.2) is 65.5 Å². The normalized spacial score (nSPS) is 14.2. The molecule has 11 heteroatoms. The Hall–Kier alpha value is -4.77. The van der Waals surface area contributed by atoms with E-state index in [4.69, 9.17) is 14.2 Å². The van der Waals surface area contributed by atoms with Crippen molar-refractivity contribution in [2.75, 3.05) is 26.2 Å². The fourth-order valence-electron chi connectivity index (χ4n) is 4.67. The van der Waals surface area contributed by atoms with Crippen LogP contribution >= 0.6 is 11.3 Å². The van der Waals surface area contributed by atoms with Crippen LogP contribution < -0.4 is 29.2 Å². The zero-order valence-corrected chi connectivity index (χ0v) is 21.9. The van der Waals surface area contributed by atoms with Gasteiger partial charge in [-0.3, -0.25) is 9.59 Å². The first-order valence-corrected chi connectivity index (χ1v) is 12.7. The Kier molecular flexibility index (Phi) is 5.99. The summed E-state index contributed by atoms with van der Waals surface area (Å²) in [4.78, 5) is 33.6. The molecule has 0 bridgehead atoms. The van der Waals surface area contributed by atoms with Gasteiger partial charge in [0.15, 0.2) is 17.3 Å². The fourth-order valence-corrected chi connectivity index (χ4v) is 5.67. The minimum absolute atomic E-state index is 0.0340. The number of amides is 1. The molecule has 1 aliphatic heterocycles. The lowest BCUT2D eigenvalue weighted by molar-refractivity contribution is -0.113. The topological polar surface area (TPSA) is 95.3 Å². The second-order valence-corrected chi connectivity index (χ2v) is 9.63. The minimum Gasteiger partial charge on any atom is -0.493 e. The van der Waals surface area contributed by atoms with Crippen molar-refractivity contribution in [1.82, 2.24) is 14.6 Å². The second kappa shape index (κ2) is 9.52. The van der Waals surface area contributed by atoms with Crippen LogP contribution in [0.5, 0.6) is 17.2 Å². The van der Waals surface area contributed by atoms with E-state index >= 15 is 0 Å². The SMILES string of the molecule is COc1cc(-c2nc3sc(=C4C(=O)N(Cc5ccccc5F)c5ccccc54)c(=O)n3n2)cc(OC)c1OC. The van der Waals surface area contributed by atoms with Gasteiger partial charge in [-0.05, 0) is 24.3 Å². The van der Waals surface area contributed by atoms with Gasteiger partial charge in [-0.25, -0.2) is 4.39 Å². The van der Waals surface area contributed by atoms with Crippen molar-refractivity contribution in [3.8, 4) is 28.6 Å². The quantitative estimate of drug-likeness (QED) is 0.323. The summed E-state index contributed by atoms with van der Waals surface area (Å²) in [7, 11) is 4.52. The summed E-state index contributed by atoms with van der Waals surface area (Å²) < 4.78 is 32.0. The third-order valence-electron chi connectivity index (χ3n) is 6.52. The molecule has 0 fully saturated rings. The highest BCUT2D eigenvalue weighted by atomic mass is 32.1. The molecule has 0 saturated heterocycles. The van der Waals surface area contributed by atoms with E-state index in [0.717, 1.165) is 11.3 Å². The molecule has 1 aliphatic rings. The molecule has 2 aromatic heterocycles. The highest BCUT2D eigenvalue weighted by Crippen LogP contribution is 2.41. The van der Waals surface area contributed by atoms with Gasteiger partial charge < -0.3 is 19.1 Å². The van der Waals surface area contributed by atoms with Crippen LogP contribution in [0.3, 0.4) is 0 Å². The molecule has 3 aromatic carbocycles. The van der Waals surface area contributed by atoms with Crippen molar-refractivity contribution >= 4 is 33.5 Å². The maximum absolute atomic E-state index is 14.4. The first-order chi connectivity index (χ1) is 18.9. The van der Waals surface area contributed by atoms with Crippen LogP contribution in [0.2, 0.25) is 0 Å². The maximum atomic E-state index is 14.4. The minimum atomic E-state index is -0.466. The number of carbonyl (C=O) groups is 1. The van der Waals surface area contributed by atoms with Crippen molar-refractivity contribution in [1.29, 1.82) is 0 Å². The highest BCUT2D eigenvalue weighted by Gasteiger charge is 2.34. The van der Waals surface area contributed by atoms with Crippen LogP contribution in [0.4, 0.5) is 10.1 Å². The summed E-state index contributed by atoms with van der Waals surface area (Å²) in [6.45, 7) is 0.0340. The molecule has 0 atom stereocenters. The molecule has 0 radical (unpaired) electrons. The number of ether oxygens (including phenoxy) is 3. The Morgan fingerprint density at radius 3 is 2.28 bits per heavy atom. The summed E-state index contributed by atoms with van der Waals surface area (Å²) >= 11 is 1.07. The molecule has 196 valence electrons. The summed E-state index contributed by atoms with van der Waals surface area (Å²) in [6, 6.07) is 16.8. The van der Waals surface area contributed by atoms with Crippen molar-refractivity contribution < 1.29 is 23.4 Å². The summed E-state index contributed by atoms with van der Waals surface area (Å²) in [5.41, 5.74) is 1.93. The van der Waals surface area contributed by atoms with Crippen LogP contribution in [-0.4, -0.2) is 41.8 Å². The number of benzene rings is 3. The first kappa shape index (κ1) is 24.6. The van der Waals surface area contributed by atoms with Gasteiger partial charge in [0.05, 0.1) is 39.1 Å². The number of halogens is 1. The number of nitrogens with zero attached hydrogens (tertiary/aromatic N) is 4. The number of rotatable bonds is 6. The zero-order chi connectivity index (χ0) is 27.3. The lowest BCUT2D eigenvalue weighted by atomic mass is 10.1. The van der Waals surface area contributed by atoms with Gasteiger partial charge in [0.25, 0.3) is 11.5 Å². The van der Waals surface area contributed by atoms with Gasteiger partial charge in [-0.2, -0.15) is 9.50 Å². The largest absolute Gasteiger partial charge is 0.493 e. The number of hydrogen-bond acceptors (Lipinski definition) is 8. The molecule has 3 heterocycles. The summed E-state index contributed by atoms with van der Waals surface area (Å²) in [5, 5.41) is 4.42. The van der Waals surface area contributed by atoms with Crippen molar-refractivity contribution in [2.24, 2.45) is 0 Å². The van der Waals surface area contributed by atoms with Gasteiger partial charge in [-0.15, -0.1) is 5.10 Å². The molecule has 0 unspecified atom stereocenters. The standard InChI is InChI=1S/C28H21FN4O5S/c1-36-20-12-16(13-21(37-2)23(20)38-3)25-30-28-33(31-25)27(35)24(39-28)22-17-9-5-7-11-19(17)32(26(22)34)14-15-8-4-6-10-18(15)29/h4-13H,14H2,1-3H3. The number of thiazole rings is 1. The average molecular weight is 545 g/mol. The van der Waals surface area contributed by atoms with Gasteiger partial charge >= 0.3 is 0 Å². The molecular weight excluding hydrogens is 523 g/mol. The van der Waals surface area contributed by atoms with Crippen molar-refractivity contribution in [3.05, 3.63) is 92.5 Å². The van der Waals surface area contributed by atoms with E-state index in [9.17, 15) is 14.0 Å². The first-order valence-electron chi connectivity index (χ1n) is 11.8. The molecule has 0 saturated carbocycles. The molecule has 39 heavy (non-hydrogen) atoms. The van der Waals surface area contributed by atoms with Crippen LogP contribution in [0.25, 0.3) is 21.9 Å². The molecule has 5 aromatic rings. The molecule has 0 spiro atoms. The molecule has 0 aliphatic carbocycles. The predicted octanol–water partition coefficient (Wildman–Crippen LogP) is 3.45. The Morgan fingerprint density at radius 1 is 0.923 bits per heavy atom. The fraction of sp³-hybridized carbons (Fsp3) is 0.143. The van der Waals surface area contributed by atoms with E-state index in [2.05, 4.69) is 10.1 Å². The molecule has 1 amide bonds. The van der Waals surface area contributed by atoms with Crippen LogP contribution in [-0.2, 0) is 11.3 Å². The van der Waals surface area contributed by atoms with E-state index in [-0.39, 0.29) is 28.4 Å². The zero-order valence-electron chi connectivity index (χ0n) is 21.1. The number of hydrogen-bond donors (Lipinski definition) is 0. The third kappa shape index (κ3) is 3.89. The predicted molar refractivity (Wildman–Crippen MR) is 144 cm³/mol. The van der Waals surface area contributed by atoms with Gasteiger partial charge in [0, 0.05) is 16.7 Å². The number of aromatic nitrogens is 3. The van der Waals surface area contributed by atoms with E-state index in [1.54, 1.807) is 54.6 Å². The maximum Gasteiger partial charge on any atom is 0.291 e. The Balaban J connectivity index is 1.47.